The van der Waals surface area contributed by atoms with Crippen molar-refractivity contribution in [2.75, 3.05) is 0 Å². The molecule has 1 aromatic rings. The average molecular weight is 245 g/mol. The smallest absolute Gasteiger partial charge is 0.230 e. The predicted octanol–water partition coefficient (Wildman–Crippen LogP) is 2.57. The second-order valence-corrected chi connectivity index (χ2v) is 4.36. The minimum atomic E-state index is -0.154. The van der Waals surface area contributed by atoms with E-state index in [1.807, 2.05) is 37.3 Å². The molecule has 0 bridgehead atoms. The second kappa shape index (κ2) is 6.74. The topological polar surface area (TPSA) is 37.4 Å². The van der Waals surface area contributed by atoms with Crippen molar-refractivity contribution in [2.45, 2.75) is 32.9 Å². The molecule has 1 rings (SSSR count). The number of carbonyl (C=O) groups excluding carboxylic acids is 2. The molecule has 18 heavy (non-hydrogen) atoms. The number of benzene rings is 1. The Labute approximate surface area is 108 Å². The number of carbonyl (C=O) groups is 2. The molecule has 0 spiro atoms. The monoisotopic (exact) mass is 245 g/mol. The molecule has 0 saturated carbocycles. The summed E-state index contributed by atoms with van der Waals surface area (Å²) in [5.74, 6) is -0.270. The van der Waals surface area contributed by atoms with E-state index in [4.69, 9.17) is 0 Å². The summed E-state index contributed by atoms with van der Waals surface area (Å²) < 4.78 is 0. The van der Waals surface area contributed by atoms with Crippen LogP contribution in [0.4, 0.5) is 0 Å². The van der Waals surface area contributed by atoms with Crippen molar-refractivity contribution < 1.29 is 9.59 Å². The summed E-state index contributed by atoms with van der Waals surface area (Å²) in [6.45, 7) is 7.53. The van der Waals surface area contributed by atoms with Gasteiger partial charge in [0, 0.05) is 12.6 Å². The van der Waals surface area contributed by atoms with Gasteiger partial charge in [0.25, 0.3) is 0 Å². The zero-order chi connectivity index (χ0) is 13.5. The Kier molecular flexibility index (Phi) is 5.31. The Bertz CT molecular complexity index is 425. The highest BCUT2D eigenvalue weighted by atomic mass is 16.2. The van der Waals surface area contributed by atoms with Crippen LogP contribution in [-0.4, -0.2) is 22.6 Å². The molecule has 96 valence electrons. The van der Waals surface area contributed by atoms with E-state index in [9.17, 15) is 9.59 Å². The largest absolute Gasteiger partial charge is 0.332 e. The predicted molar refractivity (Wildman–Crippen MR) is 71.9 cm³/mol. The quantitative estimate of drug-likeness (QED) is 0.570. The van der Waals surface area contributed by atoms with E-state index in [2.05, 4.69) is 6.58 Å². The number of hydrogen-bond donors (Lipinski definition) is 0. The molecule has 0 aliphatic carbocycles. The first-order chi connectivity index (χ1) is 8.54. The molecule has 0 fully saturated rings. The summed E-state index contributed by atoms with van der Waals surface area (Å²) in [6.07, 6.45) is 1.66. The molecule has 1 aromatic carbocycles. The molecular weight excluding hydrogens is 226 g/mol. The maximum Gasteiger partial charge on any atom is 0.230 e. The van der Waals surface area contributed by atoms with Gasteiger partial charge < -0.3 is 4.90 Å². The van der Waals surface area contributed by atoms with Crippen LogP contribution in [0.25, 0.3) is 0 Å². The SMILES string of the molecule is C=CC(C)N(Cc1ccccc1)C(=O)CC(C)=O. The lowest BCUT2D eigenvalue weighted by atomic mass is 10.1. The molecule has 0 aromatic heterocycles. The van der Waals surface area contributed by atoms with Gasteiger partial charge in [-0.15, -0.1) is 6.58 Å². The Balaban J connectivity index is 2.82. The third-order valence-electron chi connectivity index (χ3n) is 2.75. The van der Waals surface area contributed by atoms with Gasteiger partial charge in [0.2, 0.25) is 5.91 Å². The molecule has 0 N–H and O–H groups in total. The Morgan fingerprint density at radius 2 is 1.94 bits per heavy atom. The van der Waals surface area contributed by atoms with Crippen LogP contribution in [-0.2, 0) is 16.1 Å². The first-order valence-electron chi connectivity index (χ1n) is 6.00. The van der Waals surface area contributed by atoms with Crippen molar-refractivity contribution in [3.63, 3.8) is 0 Å². The number of amides is 1. The van der Waals surface area contributed by atoms with Crippen LogP contribution in [0.15, 0.2) is 43.0 Å². The molecule has 0 aliphatic heterocycles. The average Bonchev–Trinajstić information content (AvgIpc) is 2.35. The molecule has 1 atom stereocenters. The molecule has 0 saturated heterocycles. The maximum atomic E-state index is 12.0. The molecule has 1 amide bonds. The highest BCUT2D eigenvalue weighted by molar-refractivity contribution is 5.96. The molecule has 0 heterocycles. The van der Waals surface area contributed by atoms with E-state index in [1.165, 1.54) is 6.92 Å². The second-order valence-electron chi connectivity index (χ2n) is 4.36. The van der Waals surface area contributed by atoms with E-state index in [-0.39, 0.29) is 24.2 Å². The van der Waals surface area contributed by atoms with E-state index in [0.717, 1.165) is 5.56 Å². The van der Waals surface area contributed by atoms with Crippen LogP contribution in [0.1, 0.15) is 25.8 Å². The van der Waals surface area contributed by atoms with Crippen LogP contribution in [0.5, 0.6) is 0 Å². The minimum absolute atomic E-state index is 0.0506. The van der Waals surface area contributed by atoms with Crippen molar-refractivity contribution in [1.82, 2.24) is 4.90 Å². The summed E-state index contributed by atoms with van der Waals surface area (Å²) in [5, 5.41) is 0. The Morgan fingerprint density at radius 3 is 2.44 bits per heavy atom. The normalized spacial score (nSPS) is 11.7. The lowest BCUT2D eigenvalue weighted by Crippen LogP contribution is -2.37. The van der Waals surface area contributed by atoms with Gasteiger partial charge in [-0.1, -0.05) is 36.4 Å². The lowest BCUT2D eigenvalue weighted by molar-refractivity contribution is -0.136. The fourth-order valence-electron chi connectivity index (χ4n) is 1.68. The third kappa shape index (κ3) is 4.17. The minimum Gasteiger partial charge on any atom is -0.332 e. The van der Waals surface area contributed by atoms with Gasteiger partial charge in [0.1, 0.15) is 5.78 Å². The standard InChI is InChI=1S/C15H19NO2/c1-4-12(2)16(15(18)10-13(3)17)11-14-8-6-5-7-9-14/h4-9,12H,1,10-11H2,2-3H3. The van der Waals surface area contributed by atoms with Crippen molar-refractivity contribution in [3.8, 4) is 0 Å². The number of ketones is 1. The first-order valence-corrected chi connectivity index (χ1v) is 6.00. The number of Topliss-reactive ketones (excluding diaryl/α,β-unsaturated/α-hetero) is 1. The summed E-state index contributed by atoms with van der Waals surface area (Å²) in [7, 11) is 0. The van der Waals surface area contributed by atoms with Crippen LogP contribution >= 0.6 is 0 Å². The zero-order valence-electron chi connectivity index (χ0n) is 10.9. The van der Waals surface area contributed by atoms with Crippen molar-refractivity contribution >= 4 is 11.7 Å². The highest BCUT2D eigenvalue weighted by Crippen LogP contribution is 2.11. The van der Waals surface area contributed by atoms with Gasteiger partial charge in [0.05, 0.1) is 6.42 Å². The van der Waals surface area contributed by atoms with Crippen LogP contribution in [0.2, 0.25) is 0 Å². The van der Waals surface area contributed by atoms with Crippen LogP contribution in [0, 0.1) is 0 Å². The van der Waals surface area contributed by atoms with Gasteiger partial charge in [-0.3, -0.25) is 9.59 Å². The van der Waals surface area contributed by atoms with Crippen LogP contribution in [0.3, 0.4) is 0 Å². The number of hydrogen-bond acceptors (Lipinski definition) is 2. The Morgan fingerprint density at radius 1 is 1.33 bits per heavy atom. The summed E-state index contributed by atoms with van der Waals surface area (Å²) in [5.41, 5.74) is 1.04. The van der Waals surface area contributed by atoms with Crippen molar-refractivity contribution in [1.29, 1.82) is 0 Å². The van der Waals surface area contributed by atoms with Gasteiger partial charge in [-0.2, -0.15) is 0 Å². The summed E-state index contributed by atoms with van der Waals surface area (Å²) >= 11 is 0. The molecule has 0 aliphatic rings. The molecular formula is C15H19NO2. The van der Waals surface area contributed by atoms with E-state index in [1.54, 1.807) is 11.0 Å². The van der Waals surface area contributed by atoms with E-state index < -0.39 is 0 Å². The van der Waals surface area contributed by atoms with E-state index in [0.29, 0.717) is 6.54 Å². The summed E-state index contributed by atoms with van der Waals surface area (Å²) in [4.78, 5) is 24.7. The molecule has 0 radical (unpaired) electrons. The fourth-order valence-corrected chi connectivity index (χ4v) is 1.68. The fraction of sp³-hybridized carbons (Fsp3) is 0.333. The Hall–Kier alpha value is -1.90. The van der Waals surface area contributed by atoms with Gasteiger partial charge in [0.15, 0.2) is 0 Å². The van der Waals surface area contributed by atoms with Crippen molar-refractivity contribution in [3.05, 3.63) is 48.6 Å². The zero-order valence-corrected chi connectivity index (χ0v) is 10.9. The van der Waals surface area contributed by atoms with Gasteiger partial charge in [-0.25, -0.2) is 0 Å². The van der Waals surface area contributed by atoms with E-state index >= 15 is 0 Å². The third-order valence-corrected chi connectivity index (χ3v) is 2.75. The molecule has 3 heteroatoms. The van der Waals surface area contributed by atoms with Gasteiger partial charge >= 0.3 is 0 Å². The van der Waals surface area contributed by atoms with Crippen LogP contribution < -0.4 is 0 Å². The van der Waals surface area contributed by atoms with Gasteiger partial charge in [-0.05, 0) is 19.4 Å². The highest BCUT2D eigenvalue weighted by Gasteiger charge is 2.19. The van der Waals surface area contributed by atoms with Crippen molar-refractivity contribution in [2.24, 2.45) is 0 Å². The molecule has 1 unspecified atom stereocenters. The number of nitrogens with zero attached hydrogens (tertiary/aromatic N) is 1. The number of rotatable bonds is 6. The first kappa shape index (κ1) is 14.2. The maximum absolute atomic E-state index is 12.0. The summed E-state index contributed by atoms with van der Waals surface area (Å²) in [6, 6.07) is 9.64. The molecule has 3 nitrogen and oxygen atoms in total. The lowest BCUT2D eigenvalue weighted by Gasteiger charge is -2.27.